The maximum Gasteiger partial charge on any atom is 0.255 e. The van der Waals surface area contributed by atoms with Gasteiger partial charge in [0.25, 0.3) is 5.91 Å². The Balaban J connectivity index is 1.51. The summed E-state index contributed by atoms with van der Waals surface area (Å²) in [5.74, 6) is 1.14. The van der Waals surface area contributed by atoms with E-state index in [1.165, 1.54) is 11.8 Å². The molecule has 0 aromatic heterocycles. The van der Waals surface area contributed by atoms with E-state index >= 15 is 0 Å². The number of carbonyl (C=O) groups excluding carboxylic acids is 2. The number of nitrogens with one attached hydrogen (secondary N) is 1. The van der Waals surface area contributed by atoms with Crippen molar-refractivity contribution in [3.63, 3.8) is 0 Å². The Morgan fingerprint density at radius 3 is 2.10 bits per heavy atom. The van der Waals surface area contributed by atoms with Crippen LogP contribution in [0.5, 0.6) is 11.5 Å². The molecule has 0 unspecified atom stereocenters. The van der Waals surface area contributed by atoms with Crippen LogP contribution in [0.3, 0.4) is 0 Å². The average Bonchev–Trinajstić information content (AvgIpc) is 2.77. The molecule has 0 aliphatic heterocycles. The highest BCUT2D eigenvalue weighted by molar-refractivity contribution is 6.04. The molecule has 0 atom stereocenters. The first-order valence-corrected chi connectivity index (χ1v) is 9.59. The Morgan fingerprint density at radius 2 is 1.47 bits per heavy atom. The molecule has 0 aliphatic rings. The third-order valence-corrected chi connectivity index (χ3v) is 4.44. The zero-order chi connectivity index (χ0) is 21.3. The van der Waals surface area contributed by atoms with Crippen LogP contribution in [-0.4, -0.2) is 32.1 Å². The Labute approximate surface area is 176 Å². The molecule has 3 aromatic rings. The number of ether oxygens (including phenoxy) is 2. The third-order valence-electron chi connectivity index (χ3n) is 4.44. The Hall–Kier alpha value is -3.80. The van der Waals surface area contributed by atoms with Crippen LogP contribution in [0.1, 0.15) is 17.3 Å². The summed E-state index contributed by atoms with van der Waals surface area (Å²) in [5, 5.41) is 2.84. The molecule has 6 heteroatoms. The Kier molecular flexibility index (Phi) is 7.05. The molecular formula is C24H24N2O4. The van der Waals surface area contributed by atoms with Crippen molar-refractivity contribution in [1.29, 1.82) is 0 Å². The molecule has 6 nitrogen and oxygen atoms in total. The van der Waals surface area contributed by atoms with E-state index in [1.807, 2.05) is 36.4 Å². The van der Waals surface area contributed by atoms with Gasteiger partial charge in [0, 0.05) is 30.9 Å². The summed E-state index contributed by atoms with van der Waals surface area (Å²) in [6.45, 7) is 2.32. The van der Waals surface area contributed by atoms with E-state index in [2.05, 4.69) is 5.32 Å². The molecule has 0 saturated carbocycles. The van der Waals surface area contributed by atoms with Crippen molar-refractivity contribution in [2.45, 2.75) is 6.92 Å². The summed E-state index contributed by atoms with van der Waals surface area (Å²) < 4.78 is 11.2. The molecule has 1 N–H and O–H groups in total. The molecule has 0 saturated heterocycles. The topological polar surface area (TPSA) is 67.9 Å². The lowest BCUT2D eigenvalue weighted by molar-refractivity contribution is -0.116. The van der Waals surface area contributed by atoms with Gasteiger partial charge in [0.2, 0.25) is 5.91 Å². The number of benzene rings is 3. The van der Waals surface area contributed by atoms with Gasteiger partial charge in [0.15, 0.2) is 0 Å². The van der Waals surface area contributed by atoms with Crippen LogP contribution in [0.25, 0.3) is 0 Å². The van der Waals surface area contributed by atoms with Crippen molar-refractivity contribution in [3.8, 4) is 11.5 Å². The van der Waals surface area contributed by atoms with Gasteiger partial charge in [-0.25, -0.2) is 0 Å². The minimum absolute atomic E-state index is 0.0803. The zero-order valence-electron chi connectivity index (χ0n) is 17.0. The fourth-order valence-corrected chi connectivity index (χ4v) is 2.72. The molecule has 0 bridgehead atoms. The summed E-state index contributed by atoms with van der Waals surface area (Å²) in [7, 11) is 1.69. The van der Waals surface area contributed by atoms with E-state index in [4.69, 9.17) is 9.47 Å². The van der Waals surface area contributed by atoms with Gasteiger partial charge in [-0.2, -0.15) is 0 Å². The van der Waals surface area contributed by atoms with Crippen LogP contribution in [0, 0.1) is 0 Å². The van der Waals surface area contributed by atoms with E-state index in [1.54, 1.807) is 49.5 Å². The van der Waals surface area contributed by atoms with Crippen LogP contribution in [0.4, 0.5) is 11.4 Å². The summed E-state index contributed by atoms with van der Waals surface area (Å²) in [6.07, 6.45) is 0. The first kappa shape index (κ1) is 20.9. The lowest BCUT2D eigenvalue weighted by Crippen LogP contribution is -2.23. The number of hydrogen-bond donors (Lipinski definition) is 1. The highest BCUT2D eigenvalue weighted by Gasteiger charge is 2.09. The van der Waals surface area contributed by atoms with E-state index in [-0.39, 0.29) is 11.8 Å². The van der Waals surface area contributed by atoms with Gasteiger partial charge in [-0.05, 0) is 54.6 Å². The second kappa shape index (κ2) is 10.1. The monoisotopic (exact) mass is 404 g/mol. The van der Waals surface area contributed by atoms with Gasteiger partial charge in [0.05, 0.1) is 0 Å². The van der Waals surface area contributed by atoms with Crippen LogP contribution < -0.4 is 19.7 Å². The normalized spacial score (nSPS) is 10.2. The van der Waals surface area contributed by atoms with Crippen LogP contribution in [0.15, 0.2) is 78.9 Å². The lowest BCUT2D eigenvalue weighted by atomic mass is 10.2. The molecule has 0 aliphatic carbocycles. The molecule has 154 valence electrons. The van der Waals surface area contributed by atoms with Crippen molar-refractivity contribution in [3.05, 3.63) is 84.4 Å². The molecule has 0 spiro atoms. The summed E-state index contributed by atoms with van der Waals surface area (Å²) in [5.41, 5.74) is 1.83. The highest BCUT2D eigenvalue weighted by Crippen LogP contribution is 2.20. The maximum absolute atomic E-state index is 12.5. The number of amides is 2. The molecule has 3 rings (SSSR count). The minimum atomic E-state index is -0.239. The fraction of sp³-hybridized carbons (Fsp3) is 0.167. The maximum atomic E-state index is 12.5. The molecule has 30 heavy (non-hydrogen) atoms. The van der Waals surface area contributed by atoms with Crippen molar-refractivity contribution < 1.29 is 19.1 Å². The predicted molar refractivity (Wildman–Crippen MR) is 117 cm³/mol. The van der Waals surface area contributed by atoms with Crippen molar-refractivity contribution in [2.75, 3.05) is 30.5 Å². The largest absolute Gasteiger partial charge is 0.490 e. The molecule has 3 aromatic carbocycles. The van der Waals surface area contributed by atoms with E-state index in [0.717, 1.165) is 5.75 Å². The van der Waals surface area contributed by atoms with Gasteiger partial charge < -0.3 is 19.7 Å². The Bertz CT molecular complexity index is 988. The smallest absolute Gasteiger partial charge is 0.255 e. The molecule has 0 heterocycles. The Morgan fingerprint density at radius 1 is 0.833 bits per heavy atom. The number of para-hydroxylation sites is 1. The molecule has 2 amide bonds. The van der Waals surface area contributed by atoms with Gasteiger partial charge in [-0.15, -0.1) is 0 Å². The van der Waals surface area contributed by atoms with Crippen molar-refractivity contribution in [1.82, 2.24) is 0 Å². The van der Waals surface area contributed by atoms with Gasteiger partial charge in [0.1, 0.15) is 24.7 Å². The van der Waals surface area contributed by atoms with E-state index in [0.29, 0.717) is 35.9 Å². The molecule has 0 fully saturated rings. The number of carbonyl (C=O) groups is 2. The summed E-state index contributed by atoms with van der Waals surface area (Å²) in [6, 6.07) is 23.6. The SMILES string of the molecule is CC(=O)N(C)c1cccc(NC(=O)c2ccc(OCCOc3ccccc3)cc2)c1. The van der Waals surface area contributed by atoms with Gasteiger partial charge in [-0.3, -0.25) is 9.59 Å². The van der Waals surface area contributed by atoms with E-state index in [9.17, 15) is 9.59 Å². The number of nitrogens with zero attached hydrogens (tertiary/aromatic N) is 1. The van der Waals surface area contributed by atoms with Crippen LogP contribution >= 0.6 is 0 Å². The number of anilines is 2. The quantitative estimate of drug-likeness (QED) is 0.566. The number of hydrogen-bond acceptors (Lipinski definition) is 4. The average molecular weight is 404 g/mol. The van der Waals surface area contributed by atoms with Crippen molar-refractivity contribution >= 4 is 23.2 Å². The second-order valence-electron chi connectivity index (χ2n) is 6.62. The predicted octanol–water partition coefficient (Wildman–Crippen LogP) is 4.38. The zero-order valence-corrected chi connectivity index (χ0v) is 17.0. The van der Waals surface area contributed by atoms with Gasteiger partial charge >= 0.3 is 0 Å². The van der Waals surface area contributed by atoms with Crippen LogP contribution in [0.2, 0.25) is 0 Å². The third kappa shape index (κ3) is 5.85. The molecule has 0 radical (unpaired) electrons. The van der Waals surface area contributed by atoms with Crippen LogP contribution in [-0.2, 0) is 4.79 Å². The fourth-order valence-electron chi connectivity index (χ4n) is 2.72. The summed E-state index contributed by atoms with van der Waals surface area (Å²) >= 11 is 0. The van der Waals surface area contributed by atoms with E-state index < -0.39 is 0 Å². The number of rotatable bonds is 8. The second-order valence-corrected chi connectivity index (χ2v) is 6.62. The summed E-state index contributed by atoms with van der Waals surface area (Å²) in [4.78, 5) is 25.5. The molecular weight excluding hydrogens is 380 g/mol. The highest BCUT2D eigenvalue weighted by atomic mass is 16.5. The first-order chi connectivity index (χ1) is 14.5. The minimum Gasteiger partial charge on any atom is -0.490 e. The first-order valence-electron chi connectivity index (χ1n) is 9.59. The lowest BCUT2D eigenvalue weighted by Gasteiger charge is -2.16. The van der Waals surface area contributed by atoms with Gasteiger partial charge in [-0.1, -0.05) is 24.3 Å². The van der Waals surface area contributed by atoms with Crippen molar-refractivity contribution in [2.24, 2.45) is 0 Å². The standard InChI is InChI=1S/C24H24N2O4/c1-18(27)26(2)21-8-6-7-20(17-21)25-24(28)19-11-13-23(14-12-19)30-16-15-29-22-9-4-3-5-10-22/h3-14,17H,15-16H2,1-2H3,(H,25,28).